The molecule has 0 radical (unpaired) electrons. The monoisotopic (exact) mass is 324 g/mol. The maximum Gasteiger partial charge on any atom is 0.410 e. The lowest BCUT2D eigenvalue weighted by Gasteiger charge is -2.26. The van der Waals surface area contributed by atoms with Crippen molar-refractivity contribution in [2.45, 2.75) is 58.6 Å². The predicted octanol–water partition coefficient (Wildman–Crippen LogP) is 3.06. The van der Waals surface area contributed by atoms with Gasteiger partial charge in [-0.05, 0) is 47.0 Å². The van der Waals surface area contributed by atoms with Crippen molar-refractivity contribution < 1.29 is 14.5 Å². The Hall–Kier alpha value is -2.12. The molecule has 1 amide bonds. The Morgan fingerprint density at radius 3 is 2.65 bits per heavy atom. The average Bonchev–Trinajstić information content (AvgIpc) is 2.66. The summed E-state index contributed by atoms with van der Waals surface area (Å²) >= 11 is 0. The zero-order valence-corrected chi connectivity index (χ0v) is 14.1. The molecule has 128 valence electrons. The van der Waals surface area contributed by atoms with Crippen molar-refractivity contribution in [3.05, 3.63) is 22.0 Å². The molecule has 1 aromatic heterocycles. The molecule has 0 bridgehead atoms. The van der Waals surface area contributed by atoms with E-state index in [-0.39, 0.29) is 17.8 Å². The van der Waals surface area contributed by atoms with E-state index >= 15 is 0 Å². The van der Waals surface area contributed by atoms with Crippen molar-refractivity contribution in [3.63, 3.8) is 0 Å². The molecule has 1 aliphatic heterocycles. The number of nitrogens with zero attached hydrogens (tertiary/aromatic N) is 4. The van der Waals surface area contributed by atoms with E-state index < -0.39 is 10.5 Å². The molecule has 8 nitrogen and oxygen atoms in total. The maximum atomic E-state index is 12.2. The van der Waals surface area contributed by atoms with Crippen LogP contribution in [0.4, 0.5) is 10.5 Å². The van der Waals surface area contributed by atoms with E-state index in [9.17, 15) is 14.9 Å². The van der Waals surface area contributed by atoms with Crippen LogP contribution >= 0.6 is 0 Å². The fourth-order valence-corrected chi connectivity index (χ4v) is 2.79. The van der Waals surface area contributed by atoms with Crippen molar-refractivity contribution in [2.24, 2.45) is 0 Å². The molecule has 1 fully saturated rings. The summed E-state index contributed by atoms with van der Waals surface area (Å²) in [6.07, 6.45) is 3.35. The zero-order valence-electron chi connectivity index (χ0n) is 14.1. The number of carbonyl (C=O) groups excluding carboxylic acids is 1. The normalized spacial score (nSPS) is 19.3. The number of ether oxygens (including phenoxy) is 1. The quantitative estimate of drug-likeness (QED) is 0.616. The van der Waals surface area contributed by atoms with Gasteiger partial charge in [0, 0.05) is 13.1 Å². The van der Waals surface area contributed by atoms with Crippen LogP contribution in [0.3, 0.4) is 0 Å². The minimum absolute atomic E-state index is 0.0400. The summed E-state index contributed by atoms with van der Waals surface area (Å²) in [4.78, 5) is 24.4. The highest BCUT2D eigenvalue weighted by Gasteiger charge is 2.28. The Kier molecular flexibility index (Phi) is 4.91. The zero-order chi connectivity index (χ0) is 17.2. The van der Waals surface area contributed by atoms with E-state index in [0.29, 0.717) is 25.2 Å². The number of nitro groups is 1. The SMILES string of the molecule is Cc1c([N+](=O)[O-])cnn1C1CCCN(C(=O)OC(C)(C)C)CC1. The molecule has 0 spiro atoms. The van der Waals surface area contributed by atoms with Crippen LogP contribution in [-0.4, -0.2) is 44.4 Å². The first-order valence-corrected chi connectivity index (χ1v) is 7.85. The van der Waals surface area contributed by atoms with Gasteiger partial charge in [0.2, 0.25) is 0 Å². The predicted molar refractivity (Wildman–Crippen MR) is 84.3 cm³/mol. The molecular weight excluding hydrogens is 300 g/mol. The summed E-state index contributed by atoms with van der Waals surface area (Å²) in [5.41, 5.74) is 0.0890. The number of amides is 1. The van der Waals surface area contributed by atoms with Crippen LogP contribution in [-0.2, 0) is 4.74 Å². The van der Waals surface area contributed by atoms with Crippen LogP contribution in [0.5, 0.6) is 0 Å². The molecular formula is C15H24N4O4. The van der Waals surface area contributed by atoms with E-state index in [4.69, 9.17) is 4.74 Å². The van der Waals surface area contributed by atoms with Crippen LogP contribution in [0.25, 0.3) is 0 Å². The number of hydrogen-bond donors (Lipinski definition) is 0. The highest BCUT2D eigenvalue weighted by Crippen LogP contribution is 2.27. The molecule has 0 N–H and O–H groups in total. The lowest BCUT2D eigenvalue weighted by Crippen LogP contribution is -2.37. The topological polar surface area (TPSA) is 90.5 Å². The molecule has 0 aromatic carbocycles. The molecule has 0 aliphatic carbocycles. The largest absolute Gasteiger partial charge is 0.444 e. The molecule has 1 saturated heterocycles. The molecule has 2 heterocycles. The molecule has 1 unspecified atom stereocenters. The van der Waals surface area contributed by atoms with E-state index in [0.717, 1.165) is 12.8 Å². The molecule has 8 heteroatoms. The van der Waals surface area contributed by atoms with Gasteiger partial charge < -0.3 is 9.64 Å². The number of aromatic nitrogens is 2. The van der Waals surface area contributed by atoms with Crippen LogP contribution in [0, 0.1) is 17.0 Å². The highest BCUT2D eigenvalue weighted by atomic mass is 16.6. The number of carbonyl (C=O) groups is 1. The molecule has 23 heavy (non-hydrogen) atoms. The fraction of sp³-hybridized carbons (Fsp3) is 0.733. The Morgan fingerprint density at radius 2 is 2.09 bits per heavy atom. The van der Waals surface area contributed by atoms with Crippen molar-refractivity contribution in [1.82, 2.24) is 14.7 Å². The Bertz CT molecular complexity index is 591. The second-order valence-electron chi connectivity index (χ2n) is 6.87. The van der Waals surface area contributed by atoms with Gasteiger partial charge in [-0.1, -0.05) is 0 Å². The van der Waals surface area contributed by atoms with Gasteiger partial charge in [0.25, 0.3) is 0 Å². The van der Waals surface area contributed by atoms with Crippen molar-refractivity contribution in [2.75, 3.05) is 13.1 Å². The van der Waals surface area contributed by atoms with Crippen molar-refractivity contribution >= 4 is 11.8 Å². The number of likely N-dealkylation sites (tertiary alicyclic amines) is 1. The summed E-state index contributed by atoms with van der Waals surface area (Å²) in [5.74, 6) is 0. The van der Waals surface area contributed by atoms with E-state index in [1.807, 2.05) is 20.8 Å². The first-order valence-electron chi connectivity index (χ1n) is 7.85. The van der Waals surface area contributed by atoms with Gasteiger partial charge in [0.05, 0.1) is 11.0 Å². The summed E-state index contributed by atoms with van der Waals surface area (Å²) in [5, 5.41) is 15.1. The first kappa shape index (κ1) is 17.2. The molecule has 1 atom stereocenters. The van der Waals surface area contributed by atoms with Gasteiger partial charge in [-0.3, -0.25) is 14.8 Å². The van der Waals surface area contributed by atoms with Gasteiger partial charge in [0.1, 0.15) is 17.5 Å². The summed E-state index contributed by atoms with van der Waals surface area (Å²) in [7, 11) is 0. The second-order valence-corrected chi connectivity index (χ2v) is 6.87. The Morgan fingerprint density at radius 1 is 1.39 bits per heavy atom. The number of rotatable bonds is 2. The average molecular weight is 324 g/mol. The lowest BCUT2D eigenvalue weighted by atomic mass is 10.1. The lowest BCUT2D eigenvalue weighted by molar-refractivity contribution is -0.385. The Labute approximate surface area is 135 Å². The van der Waals surface area contributed by atoms with Gasteiger partial charge >= 0.3 is 11.8 Å². The second kappa shape index (κ2) is 6.55. The summed E-state index contributed by atoms with van der Waals surface area (Å²) in [6.45, 7) is 8.44. The third-order valence-corrected chi connectivity index (χ3v) is 3.91. The summed E-state index contributed by atoms with van der Waals surface area (Å²) < 4.78 is 7.13. The smallest absolute Gasteiger partial charge is 0.410 e. The van der Waals surface area contributed by atoms with Crippen molar-refractivity contribution in [1.29, 1.82) is 0 Å². The minimum Gasteiger partial charge on any atom is -0.444 e. The minimum atomic E-state index is -0.512. The third kappa shape index (κ3) is 4.20. The van der Waals surface area contributed by atoms with Gasteiger partial charge in [-0.2, -0.15) is 5.10 Å². The van der Waals surface area contributed by atoms with Gasteiger partial charge in [-0.15, -0.1) is 0 Å². The van der Waals surface area contributed by atoms with Gasteiger partial charge in [-0.25, -0.2) is 4.79 Å². The Balaban J connectivity index is 2.04. The van der Waals surface area contributed by atoms with Crippen LogP contribution in [0.1, 0.15) is 51.8 Å². The third-order valence-electron chi connectivity index (χ3n) is 3.91. The highest BCUT2D eigenvalue weighted by molar-refractivity contribution is 5.68. The van der Waals surface area contributed by atoms with E-state index in [1.54, 1.807) is 16.5 Å². The summed E-state index contributed by atoms with van der Waals surface area (Å²) in [6, 6.07) is 0.0659. The maximum absolute atomic E-state index is 12.2. The van der Waals surface area contributed by atoms with Crippen LogP contribution in [0.15, 0.2) is 6.20 Å². The molecule has 1 aliphatic rings. The molecule has 1 aromatic rings. The van der Waals surface area contributed by atoms with Crippen LogP contribution in [0.2, 0.25) is 0 Å². The number of hydrogen-bond acceptors (Lipinski definition) is 5. The molecule has 2 rings (SSSR count). The van der Waals surface area contributed by atoms with Crippen molar-refractivity contribution in [3.8, 4) is 0 Å². The van der Waals surface area contributed by atoms with E-state index in [1.165, 1.54) is 6.20 Å². The van der Waals surface area contributed by atoms with Crippen LogP contribution < -0.4 is 0 Å². The van der Waals surface area contributed by atoms with E-state index in [2.05, 4.69) is 5.10 Å². The first-order chi connectivity index (χ1) is 10.7. The van der Waals surface area contributed by atoms with Gasteiger partial charge in [0.15, 0.2) is 0 Å². The fourth-order valence-electron chi connectivity index (χ4n) is 2.79. The standard InChI is InChI=1S/C15H24N4O4/c1-11-13(19(21)22)10-16-18(11)12-6-5-8-17(9-7-12)14(20)23-15(2,3)4/h10,12H,5-9H2,1-4H3. The molecule has 0 saturated carbocycles.